The molecule has 4 aliphatic rings. The molecule has 0 spiro atoms. The number of nitrogens with zero attached hydrogens (tertiary/aromatic N) is 2. The molecule has 3 bridgehead atoms. The van der Waals surface area contributed by atoms with Crippen LogP contribution in [0.4, 0.5) is 19.0 Å². The Morgan fingerprint density at radius 3 is 2.84 bits per heavy atom. The summed E-state index contributed by atoms with van der Waals surface area (Å²) in [4.78, 5) is 13.4. The van der Waals surface area contributed by atoms with Crippen LogP contribution in [0.1, 0.15) is 79.6 Å². The van der Waals surface area contributed by atoms with E-state index in [1.165, 1.54) is 38.1 Å². The van der Waals surface area contributed by atoms with E-state index in [-0.39, 0.29) is 29.2 Å². The average Bonchev–Trinajstić information content (AvgIpc) is 3.42. The summed E-state index contributed by atoms with van der Waals surface area (Å²) in [7, 11) is 0. The number of alkyl halides is 3. The van der Waals surface area contributed by atoms with Crippen LogP contribution in [0.2, 0.25) is 0 Å². The minimum absolute atomic E-state index is 0.111. The fourth-order valence-electron chi connectivity index (χ4n) is 7.02. The summed E-state index contributed by atoms with van der Waals surface area (Å²) in [6, 6.07) is 0.790. The molecular formula is C23H27F3N4O2. The third-order valence-electron chi connectivity index (χ3n) is 8.22. The van der Waals surface area contributed by atoms with Crippen molar-refractivity contribution in [1.29, 1.82) is 0 Å². The second-order valence-corrected chi connectivity index (χ2v) is 10.3. The Balaban J connectivity index is 1.30. The molecule has 2 aromatic rings. The molecule has 3 heterocycles. The van der Waals surface area contributed by atoms with Gasteiger partial charge in [0.2, 0.25) is 0 Å². The van der Waals surface area contributed by atoms with E-state index in [9.17, 15) is 18.0 Å². The van der Waals surface area contributed by atoms with Crippen LogP contribution in [0, 0.1) is 17.8 Å². The summed E-state index contributed by atoms with van der Waals surface area (Å²) in [6.07, 6.45) is 5.88. The standard InChI is InChI=1S/C23H27F3N4O2/c24-23(25,26)19-8-17(18-5-2-6-32-18)28-20-16(12-27-30(19)20)21(31)29-22-9-13-3-1-4-14(10-22)15(7-13)11-22/h2,5-6,12-15,17,19,28H,1,3-4,7-11H2,(H,29,31). The fraction of sp³-hybridized carbons (Fsp3) is 0.652. The van der Waals surface area contributed by atoms with Crippen molar-refractivity contribution in [2.75, 3.05) is 5.32 Å². The molecule has 3 fully saturated rings. The van der Waals surface area contributed by atoms with Crippen molar-refractivity contribution in [3.8, 4) is 0 Å². The number of rotatable bonds is 3. The fourth-order valence-corrected chi connectivity index (χ4v) is 7.02. The first-order valence-electron chi connectivity index (χ1n) is 11.6. The van der Waals surface area contributed by atoms with Crippen molar-refractivity contribution in [3.05, 3.63) is 35.9 Å². The molecule has 2 aromatic heterocycles. The summed E-state index contributed by atoms with van der Waals surface area (Å²) >= 11 is 0. The van der Waals surface area contributed by atoms with Crippen LogP contribution in [-0.4, -0.2) is 27.4 Å². The summed E-state index contributed by atoms with van der Waals surface area (Å²) < 4.78 is 47.8. The van der Waals surface area contributed by atoms with Crippen LogP contribution in [0.3, 0.4) is 0 Å². The Kier molecular flexibility index (Phi) is 4.43. The third kappa shape index (κ3) is 3.23. The van der Waals surface area contributed by atoms with Crippen molar-refractivity contribution in [3.63, 3.8) is 0 Å². The molecule has 32 heavy (non-hydrogen) atoms. The number of carbonyl (C=O) groups is 1. The summed E-state index contributed by atoms with van der Waals surface area (Å²) in [5.74, 6) is 2.14. The van der Waals surface area contributed by atoms with Gasteiger partial charge in [0.25, 0.3) is 5.91 Å². The highest BCUT2D eigenvalue weighted by atomic mass is 19.4. The first-order valence-corrected chi connectivity index (χ1v) is 11.6. The van der Waals surface area contributed by atoms with E-state index in [1.807, 2.05) is 0 Å². The van der Waals surface area contributed by atoms with Crippen LogP contribution in [0.5, 0.6) is 0 Å². The number of nitrogens with one attached hydrogen (secondary N) is 2. The van der Waals surface area contributed by atoms with Crippen LogP contribution in [-0.2, 0) is 0 Å². The molecule has 2 N–H and O–H groups in total. The van der Waals surface area contributed by atoms with Gasteiger partial charge in [-0.05, 0) is 55.6 Å². The molecule has 3 saturated carbocycles. The van der Waals surface area contributed by atoms with Crippen molar-refractivity contribution < 1.29 is 22.4 Å². The lowest BCUT2D eigenvalue weighted by atomic mass is 9.75. The summed E-state index contributed by atoms with van der Waals surface area (Å²) in [6.45, 7) is 0. The van der Waals surface area contributed by atoms with Gasteiger partial charge in [-0.25, -0.2) is 4.68 Å². The lowest BCUT2D eigenvalue weighted by Gasteiger charge is -2.39. The predicted octanol–water partition coefficient (Wildman–Crippen LogP) is 5.23. The van der Waals surface area contributed by atoms with Crippen LogP contribution in [0.25, 0.3) is 0 Å². The Labute approximate surface area is 183 Å². The molecule has 3 aliphatic carbocycles. The zero-order chi connectivity index (χ0) is 22.1. The maximum atomic E-state index is 13.9. The van der Waals surface area contributed by atoms with Gasteiger partial charge in [-0.15, -0.1) is 0 Å². The van der Waals surface area contributed by atoms with Gasteiger partial charge < -0.3 is 15.1 Å². The summed E-state index contributed by atoms with van der Waals surface area (Å²) in [5.41, 5.74) is -0.0626. The van der Waals surface area contributed by atoms with Gasteiger partial charge in [-0.2, -0.15) is 18.3 Å². The smallest absolute Gasteiger partial charge is 0.410 e. The summed E-state index contributed by atoms with van der Waals surface area (Å²) in [5, 5.41) is 10.4. The normalized spacial score (nSPS) is 35.8. The van der Waals surface area contributed by atoms with Crippen molar-refractivity contribution in [2.24, 2.45) is 17.8 Å². The van der Waals surface area contributed by atoms with E-state index >= 15 is 0 Å². The minimum Gasteiger partial charge on any atom is -0.467 e. The Bertz CT molecular complexity index is 1010. The predicted molar refractivity (Wildman–Crippen MR) is 110 cm³/mol. The molecule has 1 amide bonds. The minimum atomic E-state index is -4.49. The number of amides is 1. The van der Waals surface area contributed by atoms with Gasteiger partial charge in [0.05, 0.1) is 18.5 Å². The number of aromatic nitrogens is 2. The lowest BCUT2D eigenvalue weighted by molar-refractivity contribution is -0.174. The van der Waals surface area contributed by atoms with Gasteiger partial charge in [0, 0.05) is 12.0 Å². The molecular weight excluding hydrogens is 421 g/mol. The maximum absolute atomic E-state index is 13.9. The SMILES string of the molecule is O=C(NC12CC3CCCC(C1)C(C3)C2)c1cnn2c1NC(c1ccco1)CC2C(F)(F)F. The highest BCUT2D eigenvalue weighted by molar-refractivity contribution is 5.99. The number of fused-ring (bicyclic) bond motifs is 3. The van der Waals surface area contributed by atoms with Gasteiger partial charge in [0.1, 0.15) is 17.1 Å². The molecule has 172 valence electrons. The van der Waals surface area contributed by atoms with E-state index in [0.29, 0.717) is 23.5 Å². The molecule has 0 radical (unpaired) electrons. The van der Waals surface area contributed by atoms with Crippen molar-refractivity contribution >= 4 is 11.7 Å². The second-order valence-electron chi connectivity index (χ2n) is 10.3. The Hall–Kier alpha value is -2.45. The first-order chi connectivity index (χ1) is 15.3. The number of carbonyl (C=O) groups excluding carboxylic acids is 1. The molecule has 6 atom stereocenters. The second kappa shape index (κ2) is 7.02. The van der Waals surface area contributed by atoms with Crippen LogP contribution >= 0.6 is 0 Å². The molecule has 9 heteroatoms. The molecule has 6 rings (SSSR count). The monoisotopic (exact) mass is 448 g/mol. The Morgan fingerprint density at radius 2 is 2.06 bits per heavy atom. The van der Waals surface area contributed by atoms with Crippen LogP contribution in [0.15, 0.2) is 29.0 Å². The van der Waals surface area contributed by atoms with Crippen molar-refractivity contribution in [1.82, 2.24) is 15.1 Å². The number of hydrogen-bond donors (Lipinski definition) is 2. The highest BCUT2D eigenvalue weighted by Crippen LogP contribution is 2.55. The average molecular weight is 448 g/mol. The van der Waals surface area contributed by atoms with Crippen molar-refractivity contribution in [2.45, 2.75) is 75.2 Å². The third-order valence-corrected chi connectivity index (χ3v) is 8.22. The molecule has 0 saturated heterocycles. The molecule has 6 nitrogen and oxygen atoms in total. The molecule has 6 unspecified atom stereocenters. The highest BCUT2D eigenvalue weighted by Gasteiger charge is 2.53. The van der Waals surface area contributed by atoms with Gasteiger partial charge in [-0.1, -0.05) is 19.3 Å². The zero-order valence-electron chi connectivity index (χ0n) is 17.7. The number of anilines is 1. The topological polar surface area (TPSA) is 72.1 Å². The number of halogens is 3. The first kappa shape index (κ1) is 20.2. The van der Waals surface area contributed by atoms with Gasteiger partial charge in [-0.3, -0.25) is 4.79 Å². The lowest BCUT2D eigenvalue weighted by Crippen LogP contribution is -2.50. The van der Waals surface area contributed by atoms with E-state index < -0.39 is 18.3 Å². The zero-order valence-corrected chi connectivity index (χ0v) is 17.7. The molecule has 0 aromatic carbocycles. The van der Waals surface area contributed by atoms with Gasteiger partial charge in [0.15, 0.2) is 6.04 Å². The largest absolute Gasteiger partial charge is 0.467 e. The van der Waals surface area contributed by atoms with Gasteiger partial charge >= 0.3 is 6.18 Å². The van der Waals surface area contributed by atoms with E-state index in [0.717, 1.165) is 23.9 Å². The molecule has 1 aliphatic heterocycles. The quantitative estimate of drug-likeness (QED) is 0.675. The van der Waals surface area contributed by atoms with Crippen LogP contribution < -0.4 is 10.6 Å². The number of hydrogen-bond acceptors (Lipinski definition) is 4. The number of furan rings is 1. The maximum Gasteiger partial charge on any atom is 0.410 e. The Morgan fingerprint density at radius 1 is 1.22 bits per heavy atom. The van der Waals surface area contributed by atoms with E-state index in [2.05, 4.69) is 15.7 Å². The van der Waals surface area contributed by atoms with E-state index in [1.54, 1.807) is 12.1 Å². The van der Waals surface area contributed by atoms with E-state index in [4.69, 9.17) is 4.42 Å².